The van der Waals surface area contributed by atoms with Gasteiger partial charge in [0.05, 0.1) is 0 Å². The number of hydrogen-bond acceptors (Lipinski definition) is 3. The summed E-state index contributed by atoms with van der Waals surface area (Å²) in [4.78, 5) is 5.17. The minimum absolute atomic E-state index is 0.763. The van der Waals surface area contributed by atoms with Crippen LogP contribution < -0.4 is 10.6 Å². The van der Waals surface area contributed by atoms with Gasteiger partial charge in [-0.3, -0.25) is 4.90 Å². The van der Waals surface area contributed by atoms with Crippen LogP contribution in [0.4, 0.5) is 11.4 Å². The molecule has 0 radical (unpaired) electrons. The van der Waals surface area contributed by atoms with Gasteiger partial charge in [-0.1, -0.05) is 6.07 Å². The molecule has 1 atom stereocenters. The average molecular weight is 231 g/mol. The van der Waals surface area contributed by atoms with Gasteiger partial charge in [-0.15, -0.1) is 0 Å². The monoisotopic (exact) mass is 231 g/mol. The van der Waals surface area contributed by atoms with Crippen molar-refractivity contribution in [2.75, 3.05) is 36.8 Å². The molecule has 1 aromatic carbocycles. The zero-order valence-corrected chi connectivity index (χ0v) is 10.3. The molecule has 1 unspecified atom stereocenters. The third-order valence-corrected chi connectivity index (χ3v) is 4.04. The Morgan fingerprint density at radius 1 is 1.12 bits per heavy atom. The number of benzene rings is 1. The van der Waals surface area contributed by atoms with Gasteiger partial charge in [0.25, 0.3) is 0 Å². The minimum atomic E-state index is 0.763. The van der Waals surface area contributed by atoms with E-state index in [9.17, 15) is 0 Å². The second-order valence-electron chi connectivity index (χ2n) is 5.23. The summed E-state index contributed by atoms with van der Waals surface area (Å²) in [6.07, 6.45) is 4.00. The molecular formula is C14H21N3. The largest absolute Gasteiger partial charge is 0.399 e. The normalized spacial score (nSPS) is 25.6. The van der Waals surface area contributed by atoms with Gasteiger partial charge in [0.15, 0.2) is 0 Å². The molecule has 2 N–H and O–H groups in total. The highest BCUT2D eigenvalue weighted by molar-refractivity contribution is 5.56. The van der Waals surface area contributed by atoms with E-state index in [1.54, 1.807) is 0 Å². The van der Waals surface area contributed by atoms with Gasteiger partial charge < -0.3 is 10.6 Å². The van der Waals surface area contributed by atoms with Crippen LogP contribution in [0.3, 0.4) is 0 Å². The molecule has 2 heterocycles. The zero-order chi connectivity index (χ0) is 11.7. The fraction of sp³-hybridized carbons (Fsp3) is 0.571. The Morgan fingerprint density at radius 3 is 2.88 bits per heavy atom. The average Bonchev–Trinajstić information content (AvgIpc) is 2.66. The number of rotatable bonds is 1. The summed E-state index contributed by atoms with van der Waals surface area (Å²) in [7, 11) is 0. The van der Waals surface area contributed by atoms with Crippen LogP contribution in [-0.2, 0) is 0 Å². The van der Waals surface area contributed by atoms with Crippen molar-refractivity contribution in [1.29, 1.82) is 0 Å². The molecule has 1 aromatic rings. The first kappa shape index (κ1) is 10.9. The first-order valence-electron chi connectivity index (χ1n) is 6.67. The summed E-state index contributed by atoms with van der Waals surface area (Å²) in [5.74, 6) is 0. The Hall–Kier alpha value is -1.22. The highest BCUT2D eigenvalue weighted by atomic mass is 15.3. The number of hydrogen-bond donors (Lipinski definition) is 1. The molecule has 2 saturated heterocycles. The SMILES string of the molecule is Nc1cccc(N2CCCN3CCCC3C2)c1. The molecule has 2 aliphatic rings. The predicted molar refractivity (Wildman–Crippen MR) is 72.3 cm³/mol. The second-order valence-corrected chi connectivity index (χ2v) is 5.23. The molecule has 0 aliphatic carbocycles. The molecule has 2 aliphatic heterocycles. The van der Waals surface area contributed by atoms with E-state index in [-0.39, 0.29) is 0 Å². The van der Waals surface area contributed by atoms with Gasteiger partial charge >= 0.3 is 0 Å². The third kappa shape index (κ3) is 2.25. The van der Waals surface area contributed by atoms with Crippen molar-refractivity contribution in [2.24, 2.45) is 0 Å². The van der Waals surface area contributed by atoms with Crippen molar-refractivity contribution in [1.82, 2.24) is 4.90 Å². The Balaban J connectivity index is 1.78. The van der Waals surface area contributed by atoms with E-state index in [1.807, 2.05) is 6.07 Å². The summed E-state index contributed by atoms with van der Waals surface area (Å²) in [5.41, 5.74) is 8.03. The molecule has 3 nitrogen and oxygen atoms in total. The summed E-state index contributed by atoms with van der Waals surface area (Å²) >= 11 is 0. The van der Waals surface area contributed by atoms with Crippen molar-refractivity contribution < 1.29 is 0 Å². The topological polar surface area (TPSA) is 32.5 Å². The van der Waals surface area contributed by atoms with Crippen LogP contribution in [0.1, 0.15) is 19.3 Å². The van der Waals surface area contributed by atoms with Crippen LogP contribution in [0.25, 0.3) is 0 Å². The highest BCUT2D eigenvalue weighted by Gasteiger charge is 2.28. The maximum Gasteiger partial charge on any atom is 0.0387 e. The second kappa shape index (κ2) is 4.57. The van der Waals surface area contributed by atoms with Crippen LogP contribution in [0, 0.1) is 0 Å². The summed E-state index contributed by atoms with van der Waals surface area (Å²) < 4.78 is 0. The first-order valence-corrected chi connectivity index (χ1v) is 6.67. The number of fused-ring (bicyclic) bond motifs is 1. The number of nitrogens with two attached hydrogens (primary N) is 1. The molecule has 0 spiro atoms. The van der Waals surface area contributed by atoms with Gasteiger partial charge in [-0.25, -0.2) is 0 Å². The van der Waals surface area contributed by atoms with Gasteiger partial charge in [0.2, 0.25) is 0 Å². The number of anilines is 2. The molecule has 0 saturated carbocycles. The van der Waals surface area contributed by atoms with E-state index in [0.717, 1.165) is 18.3 Å². The van der Waals surface area contributed by atoms with E-state index < -0.39 is 0 Å². The molecule has 3 heteroatoms. The van der Waals surface area contributed by atoms with Crippen molar-refractivity contribution in [3.05, 3.63) is 24.3 Å². The van der Waals surface area contributed by atoms with Gasteiger partial charge in [0.1, 0.15) is 0 Å². The summed E-state index contributed by atoms with van der Waals surface area (Å²) in [6.45, 7) is 4.90. The van der Waals surface area contributed by atoms with Crippen LogP contribution >= 0.6 is 0 Å². The molecule has 3 rings (SSSR count). The van der Waals surface area contributed by atoms with E-state index in [2.05, 4.69) is 28.0 Å². The maximum atomic E-state index is 5.87. The molecule has 92 valence electrons. The Kier molecular flexibility index (Phi) is 2.93. The predicted octanol–water partition coefficient (Wildman–Crippen LogP) is 1.94. The molecule has 0 aromatic heterocycles. The minimum Gasteiger partial charge on any atom is -0.399 e. The lowest BCUT2D eigenvalue weighted by Crippen LogP contribution is -2.36. The summed E-state index contributed by atoms with van der Waals surface area (Å²) in [6, 6.07) is 9.07. The lowest BCUT2D eigenvalue weighted by Gasteiger charge is -2.27. The standard InChI is InChI=1S/C14H21N3/c15-12-4-1-5-13(10-12)17-9-3-8-16-7-2-6-14(16)11-17/h1,4-5,10,14H,2-3,6-9,11,15H2. The van der Waals surface area contributed by atoms with Gasteiger partial charge in [-0.2, -0.15) is 0 Å². The Morgan fingerprint density at radius 2 is 2.00 bits per heavy atom. The van der Waals surface area contributed by atoms with E-state index >= 15 is 0 Å². The lowest BCUT2D eigenvalue weighted by atomic mass is 10.2. The Labute approximate surface area is 103 Å². The molecular weight excluding hydrogens is 210 g/mol. The van der Waals surface area contributed by atoms with Crippen molar-refractivity contribution in [2.45, 2.75) is 25.3 Å². The van der Waals surface area contributed by atoms with Crippen LogP contribution in [0.15, 0.2) is 24.3 Å². The van der Waals surface area contributed by atoms with Gasteiger partial charge in [-0.05, 0) is 44.0 Å². The number of nitrogen functional groups attached to an aromatic ring is 1. The van der Waals surface area contributed by atoms with Crippen molar-refractivity contribution in [3.8, 4) is 0 Å². The number of nitrogens with zero attached hydrogens (tertiary/aromatic N) is 2. The van der Waals surface area contributed by atoms with E-state index in [4.69, 9.17) is 5.73 Å². The summed E-state index contributed by atoms with van der Waals surface area (Å²) in [5, 5.41) is 0. The van der Waals surface area contributed by atoms with E-state index in [1.165, 1.54) is 44.6 Å². The van der Waals surface area contributed by atoms with Crippen LogP contribution in [0.2, 0.25) is 0 Å². The van der Waals surface area contributed by atoms with Crippen molar-refractivity contribution >= 4 is 11.4 Å². The smallest absolute Gasteiger partial charge is 0.0387 e. The third-order valence-electron chi connectivity index (χ3n) is 4.04. The molecule has 0 amide bonds. The molecule has 0 bridgehead atoms. The molecule has 2 fully saturated rings. The molecule has 17 heavy (non-hydrogen) atoms. The quantitative estimate of drug-likeness (QED) is 0.750. The van der Waals surface area contributed by atoms with Gasteiger partial charge in [0, 0.05) is 37.1 Å². The highest BCUT2D eigenvalue weighted by Crippen LogP contribution is 2.25. The fourth-order valence-electron chi connectivity index (χ4n) is 3.16. The van der Waals surface area contributed by atoms with Crippen LogP contribution in [0.5, 0.6) is 0 Å². The first-order chi connectivity index (χ1) is 8.33. The lowest BCUT2D eigenvalue weighted by molar-refractivity contribution is 0.273. The zero-order valence-electron chi connectivity index (χ0n) is 10.3. The fourth-order valence-corrected chi connectivity index (χ4v) is 3.16. The Bertz CT molecular complexity index is 391. The van der Waals surface area contributed by atoms with E-state index in [0.29, 0.717) is 0 Å². The van der Waals surface area contributed by atoms with Crippen molar-refractivity contribution in [3.63, 3.8) is 0 Å². The maximum absolute atomic E-state index is 5.87. The van der Waals surface area contributed by atoms with Crippen LogP contribution in [-0.4, -0.2) is 37.1 Å².